The summed E-state index contributed by atoms with van der Waals surface area (Å²) in [4.78, 5) is 34.1. The number of nitrogens with two attached hydrogens (primary N) is 1. The molecular weight excluding hydrogens is 308 g/mol. The number of methoxy groups -OCH3 is 1. The van der Waals surface area contributed by atoms with E-state index < -0.39 is 36.4 Å². The van der Waals surface area contributed by atoms with Crippen molar-refractivity contribution in [3.05, 3.63) is 23.8 Å². The standard InChI is InChI=1S/C14H18N2O7/c1-23-14(22)9(16-13(21)8(15)6-12(19)20)4-7-2-3-10(17)11(18)5-7/h2-3,5,8-9,17-18H,4,6,15H2,1H3,(H,16,21)(H,19,20)/t8-,9-/m0/s1. The van der Waals surface area contributed by atoms with Crippen LogP contribution in [0, 0.1) is 0 Å². The largest absolute Gasteiger partial charge is 0.504 e. The molecule has 1 rings (SSSR count). The molecular formula is C14H18N2O7. The molecule has 0 unspecified atom stereocenters. The van der Waals surface area contributed by atoms with Crippen molar-refractivity contribution < 1.29 is 34.4 Å². The van der Waals surface area contributed by atoms with Gasteiger partial charge in [0, 0.05) is 6.42 Å². The first-order valence-electron chi connectivity index (χ1n) is 6.61. The van der Waals surface area contributed by atoms with E-state index in [2.05, 4.69) is 10.1 Å². The molecule has 1 aromatic rings. The Morgan fingerprint density at radius 3 is 2.43 bits per heavy atom. The minimum Gasteiger partial charge on any atom is -0.504 e. The van der Waals surface area contributed by atoms with Crippen LogP contribution in [0.15, 0.2) is 18.2 Å². The Balaban J connectivity index is 2.84. The Hall–Kier alpha value is -2.81. The number of aliphatic carboxylic acids is 1. The Labute approximate surface area is 131 Å². The highest BCUT2D eigenvalue weighted by molar-refractivity contribution is 5.89. The SMILES string of the molecule is COC(=O)[C@H](Cc1ccc(O)c(O)c1)NC(=O)[C@@H](N)CC(=O)O. The molecule has 9 heteroatoms. The van der Waals surface area contributed by atoms with Crippen LogP contribution >= 0.6 is 0 Å². The van der Waals surface area contributed by atoms with Crippen LogP contribution in [-0.4, -0.2) is 52.4 Å². The maximum absolute atomic E-state index is 11.8. The quantitative estimate of drug-likeness (QED) is 0.318. The first kappa shape index (κ1) is 18.2. The number of esters is 1. The van der Waals surface area contributed by atoms with Crippen molar-refractivity contribution in [2.45, 2.75) is 24.9 Å². The Morgan fingerprint density at radius 1 is 1.26 bits per heavy atom. The number of carbonyl (C=O) groups is 3. The lowest BCUT2D eigenvalue weighted by molar-refractivity contribution is -0.145. The molecule has 0 radical (unpaired) electrons. The van der Waals surface area contributed by atoms with Crippen LogP contribution in [0.2, 0.25) is 0 Å². The third-order valence-corrected chi connectivity index (χ3v) is 3.01. The molecule has 2 atom stereocenters. The molecule has 23 heavy (non-hydrogen) atoms. The van der Waals surface area contributed by atoms with Gasteiger partial charge >= 0.3 is 11.9 Å². The molecule has 9 nitrogen and oxygen atoms in total. The summed E-state index contributed by atoms with van der Waals surface area (Å²) in [7, 11) is 1.13. The van der Waals surface area contributed by atoms with E-state index in [0.29, 0.717) is 5.56 Å². The zero-order valence-corrected chi connectivity index (χ0v) is 12.4. The van der Waals surface area contributed by atoms with Crippen molar-refractivity contribution in [2.24, 2.45) is 5.73 Å². The normalized spacial score (nSPS) is 13.0. The summed E-state index contributed by atoms with van der Waals surface area (Å²) in [6.45, 7) is 0. The number of aromatic hydroxyl groups is 2. The van der Waals surface area contributed by atoms with Crippen LogP contribution in [0.3, 0.4) is 0 Å². The van der Waals surface area contributed by atoms with E-state index in [-0.39, 0.29) is 17.9 Å². The number of hydrogen-bond acceptors (Lipinski definition) is 7. The van der Waals surface area contributed by atoms with E-state index in [9.17, 15) is 24.6 Å². The van der Waals surface area contributed by atoms with Gasteiger partial charge in [-0.3, -0.25) is 9.59 Å². The molecule has 0 aliphatic rings. The van der Waals surface area contributed by atoms with E-state index in [1.807, 2.05) is 0 Å². The first-order valence-corrected chi connectivity index (χ1v) is 6.61. The van der Waals surface area contributed by atoms with Gasteiger partial charge in [0.2, 0.25) is 5.91 Å². The summed E-state index contributed by atoms with van der Waals surface area (Å²) >= 11 is 0. The molecule has 0 saturated heterocycles. The van der Waals surface area contributed by atoms with Crippen LogP contribution < -0.4 is 11.1 Å². The summed E-state index contributed by atoms with van der Waals surface area (Å²) in [5.74, 6) is -3.51. The third kappa shape index (κ3) is 5.47. The number of nitrogens with one attached hydrogen (secondary N) is 1. The predicted octanol–water partition coefficient (Wildman–Crippen LogP) is -0.900. The lowest BCUT2D eigenvalue weighted by Gasteiger charge is -2.19. The molecule has 0 saturated carbocycles. The second-order valence-corrected chi connectivity index (χ2v) is 4.82. The van der Waals surface area contributed by atoms with E-state index in [0.717, 1.165) is 7.11 Å². The number of carboxylic acids is 1. The van der Waals surface area contributed by atoms with Gasteiger partial charge in [-0.05, 0) is 17.7 Å². The van der Waals surface area contributed by atoms with Gasteiger partial charge in [-0.25, -0.2) is 4.79 Å². The minimum atomic E-state index is -1.31. The number of amides is 1. The Kier molecular flexibility index (Phi) is 6.34. The van der Waals surface area contributed by atoms with Crippen molar-refractivity contribution >= 4 is 17.8 Å². The smallest absolute Gasteiger partial charge is 0.328 e. The van der Waals surface area contributed by atoms with E-state index >= 15 is 0 Å². The molecule has 1 amide bonds. The van der Waals surface area contributed by atoms with Crippen LogP contribution in [0.25, 0.3) is 0 Å². The Bertz CT molecular complexity index is 603. The predicted molar refractivity (Wildman–Crippen MR) is 77.7 cm³/mol. The summed E-state index contributed by atoms with van der Waals surface area (Å²) in [6.07, 6.45) is -0.619. The third-order valence-electron chi connectivity index (χ3n) is 3.01. The number of phenolic OH excluding ortho intramolecular Hbond substituents is 2. The number of carboxylic acid groups (broad SMARTS) is 1. The van der Waals surface area contributed by atoms with Crippen LogP contribution in [0.1, 0.15) is 12.0 Å². The molecule has 6 N–H and O–H groups in total. The summed E-state index contributed by atoms with van der Waals surface area (Å²) in [5, 5.41) is 29.6. The fraction of sp³-hybridized carbons (Fsp3) is 0.357. The number of benzene rings is 1. The van der Waals surface area contributed by atoms with Crippen LogP contribution in [0.5, 0.6) is 11.5 Å². The molecule has 0 bridgehead atoms. The van der Waals surface area contributed by atoms with E-state index in [4.69, 9.17) is 10.8 Å². The number of ether oxygens (including phenoxy) is 1. The molecule has 0 aliphatic heterocycles. The molecule has 126 valence electrons. The average molecular weight is 326 g/mol. The fourth-order valence-electron chi connectivity index (χ4n) is 1.83. The molecule has 0 spiro atoms. The van der Waals surface area contributed by atoms with Gasteiger partial charge in [0.15, 0.2) is 11.5 Å². The number of phenols is 2. The zero-order chi connectivity index (χ0) is 17.6. The van der Waals surface area contributed by atoms with Crippen molar-refractivity contribution in [3.8, 4) is 11.5 Å². The molecule has 0 fully saturated rings. The lowest BCUT2D eigenvalue weighted by atomic mass is 10.0. The topological polar surface area (TPSA) is 159 Å². The van der Waals surface area contributed by atoms with Gasteiger partial charge in [-0.2, -0.15) is 0 Å². The molecule has 0 heterocycles. The van der Waals surface area contributed by atoms with E-state index in [1.54, 1.807) is 0 Å². The number of rotatable bonds is 7. The highest BCUT2D eigenvalue weighted by Gasteiger charge is 2.26. The van der Waals surface area contributed by atoms with Crippen LogP contribution in [0.4, 0.5) is 0 Å². The van der Waals surface area contributed by atoms with Gasteiger partial charge in [-0.1, -0.05) is 6.07 Å². The van der Waals surface area contributed by atoms with Gasteiger partial charge in [-0.15, -0.1) is 0 Å². The van der Waals surface area contributed by atoms with Gasteiger partial charge in [0.25, 0.3) is 0 Å². The zero-order valence-electron chi connectivity index (χ0n) is 12.4. The number of carbonyl (C=O) groups excluding carboxylic acids is 2. The molecule has 1 aromatic carbocycles. The van der Waals surface area contributed by atoms with E-state index in [1.165, 1.54) is 18.2 Å². The minimum absolute atomic E-state index is 0.0357. The second-order valence-electron chi connectivity index (χ2n) is 4.82. The van der Waals surface area contributed by atoms with Crippen molar-refractivity contribution in [1.82, 2.24) is 5.32 Å². The fourth-order valence-corrected chi connectivity index (χ4v) is 1.83. The summed E-state index contributed by atoms with van der Waals surface area (Å²) in [6, 6.07) is 1.49. The second kappa shape index (κ2) is 7.99. The summed E-state index contributed by atoms with van der Waals surface area (Å²) in [5.41, 5.74) is 5.87. The van der Waals surface area contributed by atoms with Gasteiger partial charge in [0.05, 0.1) is 19.6 Å². The van der Waals surface area contributed by atoms with Crippen molar-refractivity contribution in [1.29, 1.82) is 0 Å². The number of hydrogen-bond donors (Lipinski definition) is 5. The maximum atomic E-state index is 11.8. The lowest BCUT2D eigenvalue weighted by Crippen LogP contribution is -2.50. The first-order chi connectivity index (χ1) is 10.7. The monoisotopic (exact) mass is 326 g/mol. The van der Waals surface area contributed by atoms with Crippen molar-refractivity contribution in [3.63, 3.8) is 0 Å². The average Bonchev–Trinajstić information content (AvgIpc) is 2.48. The van der Waals surface area contributed by atoms with Gasteiger partial charge in [0.1, 0.15) is 6.04 Å². The molecule has 0 aromatic heterocycles. The summed E-state index contributed by atoms with van der Waals surface area (Å²) < 4.78 is 4.58. The van der Waals surface area contributed by atoms with Gasteiger partial charge < -0.3 is 31.1 Å². The highest BCUT2D eigenvalue weighted by atomic mass is 16.5. The van der Waals surface area contributed by atoms with Crippen LogP contribution in [-0.2, 0) is 25.5 Å². The highest BCUT2D eigenvalue weighted by Crippen LogP contribution is 2.25. The molecule has 0 aliphatic carbocycles. The maximum Gasteiger partial charge on any atom is 0.328 e. The van der Waals surface area contributed by atoms with Crippen molar-refractivity contribution in [2.75, 3.05) is 7.11 Å². The Morgan fingerprint density at radius 2 is 1.91 bits per heavy atom.